The number of benzene rings is 1. The van der Waals surface area contributed by atoms with Crippen LogP contribution >= 0.6 is 12.6 Å². The van der Waals surface area contributed by atoms with Crippen LogP contribution in [-0.4, -0.2) is 18.5 Å². The van der Waals surface area contributed by atoms with Gasteiger partial charge in [0, 0.05) is 0 Å². The van der Waals surface area contributed by atoms with Gasteiger partial charge in [-0.2, -0.15) is 0 Å². The Morgan fingerprint density at radius 3 is 2.69 bits per heavy atom. The van der Waals surface area contributed by atoms with Crippen molar-refractivity contribution in [3.8, 4) is 0 Å². The fraction of sp³-hybridized carbons (Fsp3) is 0.273. The van der Waals surface area contributed by atoms with Crippen molar-refractivity contribution in [1.82, 2.24) is 0 Å². The summed E-state index contributed by atoms with van der Waals surface area (Å²) in [6.45, 7) is 1.96. The molecule has 0 saturated carbocycles. The highest BCUT2D eigenvalue weighted by molar-refractivity contribution is 7.80. The fourth-order valence-electron chi connectivity index (χ4n) is 1.11. The third-order valence-corrected chi connectivity index (χ3v) is 2.13. The molecule has 1 aromatic rings. The van der Waals surface area contributed by atoms with Gasteiger partial charge in [-0.05, 0) is 19.1 Å². The molecule has 16 heavy (non-hydrogen) atoms. The highest BCUT2D eigenvalue weighted by atomic mass is 32.1. The van der Waals surface area contributed by atoms with Crippen molar-refractivity contribution in [3.63, 3.8) is 0 Å². The molecule has 0 aliphatic rings. The number of ether oxygens (including phenoxy) is 1. The van der Waals surface area contributed by atoms with Gasteiger partial charge in [-0.15, -0.1) is 0 Å². The van der Waals surface area contributed by atoms with Gasteiger partial charge in [0.05, 0.1) is 17.2 Å². The minimum absolute atomic E-state index is 0.268. The number of hydrogen-bond donors (Lipinski definition) is 1. The zero-order chi connectivity index (χ0) is 12.0. The maximum Gasteiger partial charge on any atom is 0.315 e. The first kappa shape index (κ1) is 12.4. The molecule has 1 radical (unpaired) electrons. The van der Waals surface area contributed by atoms with E-state index in [0.717, 1.165) is 0 Å². The van der Waals surface area contributed by atoms with Crippen LogP contribution in [0.4, 0.5) is 5.69 Å². The molecule has 0 aromatic heterocycles. The van der Waals surface area contributed by atoms with Crippen molar-refractivity contribution in [2.75, 3.05) is 11.9 Å². The van der Waals surface area contributed by atoms with E-state index in [4.69, 9.17) is 12.6 Å². The van der Waals surface area contributed by atoms with E-state index in [2.05, 4.69) is 10.1 Å². The maximum absolute atomic E-state index is 11.4. The van der Waals surface area contributed by atoms with E-state index in [1.54, 1.807) is 31.2 Å². The number of esters is 1. The normalized spacial score (nSPS) is 9.56. The molecule has 4 nitrogen and oxygen atoms in total. The second-order valence-electron chi connectivity index (χ2n) is 3.03. The summed E-state index contributed by atoms with van der Waals surface area (Å²) in [5.41, 5.74) is 0.534. The van der Waals surface area contributed by atoms with Gasteiger partial charge < -0.3 is 10.1 Å². The summed E-state index contributed by atoms with van der Waals surface area (Å²) in [6, 6.07) is 6.93. The number of carbonyl (C=O) groups is 2. The van der Waals surface area contributed by atoms with Crippen molar-refractivity contribution in [3.05, 3.63) is 24.3 Å². The van der Waals surface area contributed by atoms with Gasteiger partial charge in [-0.1, -0.05) is 24.8 Å². The molecule has 85 valence electrons. The molecule has 0 bridgehead atoms. The molecule has 1 N–H and O–H groups in total. The molecule has 0 unspecified atom stereocenters. The Balaban J connectivity index is 2.52. The summed E-state index contributed by atoms with van der Waals surface area (Å²) in [6.07, 6.45) is -0.294. The first-order chi connectivity index (χ1) is 7.63. The van der Waals surface area contributed by atoms with Gasteiger partial charge in [0.15, 0.2) is 0 Å². The van der Waals surface area contributed by atoms with Gasteiger partial charge in [0.25, 0.3) is 0 Å². The number of para-hydroxylation sites is 1. The molecule has 0 saturated heterocycles. The van der Waals surface area contributed by atoms with E-state index in [-0.39, 0.29) is 13.0 Å². The van der Waals surface area contributed by atoms with Gasteiger partial charge >= 0.3 is 5.97 Å². The van der Waals surface area contributed by atoms with Crippen molar-refractivity contribution in [2.45, 2.75) is 18.2 Å². The Bertz CT molecular complexity index is 393. The molecule has 0 spiro atoms. The molecule has 5 heteroatoms. The Morgan fingerprint density at radius 1 is 1.38 bits per heavy atom. The van der Waals surface area contributed by atoms with Crippen LogP contribution in [0.25, 0.3) is 0 Å². The van der Waals surface area contributed by atoms with E-state index < -0.39 is 11.9 Å². The zero-order valence-electron chi connectivity index (χ0n) is 8.86. The second-order valence-corrected chi connectivity index (χ2v) is 3.47. The van der Waals surface area contributed by atoms with Crippen molar-refractivity contribution in [2.24, 2.45) is 0 Å². The first-order valence-electron chi connectivity index (χ1n) is 4.85. The minimum atomic E-state index is -0.540. The number of amides is 1. The molecule has 1 aromatic carbocycles. The van der Waals surface area contributed by atoms with Gasteiger partial charge in [-0.3, -0.25) is 9.59 Å². The Hall–Kier alpha value is -1.62. The number of rotatable bonds is 4. The summed E-state index contributed by atoms with van der Waals surface area (Å²) >= 11 is 5.00. The van der Waals surface area contributed by atoms with Crippen molar-refractivity contribution >= 4 is 30.2 Å². The molecule has 0 fully saturated rings. The van der Waals surface area contributed by atoms with Crippen LogP contribution in [0.1, 0.15) is 13.3 Å². The third kappa shape index (κ3) is 3.86. The molecular weight excluding hydrogens is 226 g/mol. The summed E-state index contributed by atoms with van der Waals surface area (Å²) in [5.74, 6) is -0.961. The number of carbonyl (C=O) groups excluding carboxylic acids is 2. The summed E-state index contributed by atoms with van der Waals surface area (Å²) in [5, 5.41) is 2.56. The average molecular weight is 238 g/mol. The third-order valence-electron chi connectivity index (χ3n) is 1.77. The lowest BCUT2D eigenvalue weighted by Gasteiger charge is -2.06. The van der Waals surface area contributed by atoms with Crippen molar-refractivity contribution in [1.29, 1.82) is 0 Å². The largest absolute Gasteiger partial charge is 0.466 e. The Labute approximate surface area is 99.4 Å². The topological polar surface area (TPSA) is 55.4 Å². The monoisotopic (exact) mass is 238 g/mol. The highest BCUT2D eigenvalue weighted by Crippen LogP contribution is 2.18. The lowest BCUT2D eigenvalue weighted by Crippen LogP contribution is -2.18. The number of anilines is 1. The predicted molar refractivity (Wildman–Crippen MR) is 62.2 cm³/mol. The molecular formula is C11H12NO3S. The number of nitrogens with one attached hydrogen (secondary N) is 1. The fourth-order valence-corrected chi connectivity index (χ4v) is 1.31. The van der Waals surface area contributed by atoms with E-state index in [9.17, 15) is 9.59 Å². The van der Waals surface area contributed by atoms with Crippen LogP contribution in [0.15, 0.2) is 29.2 Å². The lowest BCUT2D eigenvalue weighted by molar-refractivity contribution is -0.145. The van der Waals surface area contributed by atoms with Crippen LogP contribution in [0.3, 0.4) is 0 Å². The molecule has 0 aliphatic heterocycles. The predicted octanol–water partition coefficient (Wildman–Crippen LogP) is 2.13. The Morgan fingerprint density at radius 2 is 2.06 bits per heavy atom. The standard InChI is InChI=1S/C11H12NO3S/c1-2-15-11(14)7-10(13)12-8-5-3-4-6-9(8)16/h3-6H,2,7H2,1H3,(H,12,13). The molecule has 0 heterocycles. The van der Waals surface area contributed by atoms with Gasteiger partial charge in [0.1, 0.15) is 6.42 Å². The molecule has 1 amide bonds. The Kier molecular flexibility index (Phi) is 4.72. The minimum Gasteiger partial charge on any atom is -0.466 e. The van der Waals surface area contributed by atoms with Crippen LogP contribution in [0.5, 0.6) is 0 Å². The summed E-state index contributed by atoms with van der Waals surface area (Å²) in [4.78, 5) is 23.0. The van der Waals surface area contributed by atoms with Crippen LogP contribution < -0.4 is 5.32 Å². The van der Waals surface area contributed by atoms with Crippen LogP contribution in [0, 0.1) is 0 Å². The highest BCUT2D eigenvalue weighted by Gasteiger charge is 2.11. The first-order valence-corrected chi connectivity index (χ1v) is 5.25. The average Bonchev–Trinajstić information content (AvgIpc) is 2.21. The lowest BCUT2D eigenvalue weighted by atomic mass is 10.3. The van der Waals surface area contributed by atoms with Crippen LogP contribution in [0.2, 0.25) is 0 Å². The maximum atomic E-state index is 11.4. The molecule has 0 atom stereocenters. The van der Waals surface area contributed by atoms with Gasteiger partial charge in [0.2, 0.25) is 5.91 Å². The molecule has 0 aliphatic carbocycles. The SMILES string of the molecule is CCOC(=O)CC(=O)Nc1ccccc1[S]. The van der Waals surface area contributed by atoms with E-state index >= 15 is 0 Å². The zero-order valence-corrected chi connectivity index (χ0v) is 9.67. The second kappa shape index (κ2) is 6.07. The van der Waals surface area contributed by atoms with Crippen LogP contribution in [-0.2, 0) is 14.3 Å². The summed E-state index contributed by atoms with van der Waals surface area (Å²) in [7, 11) is 0. The number of hydrogen-bond acceptors (Lipinski definition) is 3. The van der Waals surface area contributed by atoms with Gasteiger partial charge in [-0.25, -0.2) is 0 Å². The molecule has 1 rings (SSSR count). The van der Waals surface area contributed by atoms with Crippen molar-refractivity contribution < 1.29 is 14.3 Å². The van der Waals surface area contributed by atoms with E-state index in [1.165, 1.54) is 0 Å². The smallest absolute Gasteiger partial charge is 0.315 e. The quantitative estimate of drug-likeness (QED) is 0.645. The van der Waals surface area contributed by atoms with E-state index in [0.29, 0.717) is 10.6 Å². The van der Waals surface area contributed by atoms with E-state index in [1.807, 2.05) is 0 Å². The summed E-state index contributed by atoms with van der Waals surface area (Å²) < 4.78 is 4.65.